The third-order valence-corrected chi connectivity index (χ3v) is 5.24. The number of nitrogens with one attached hydrogen (secondary N) is 1. The monoisotopic (exact) mass is 266 g/mol. The van der Waals surface area contributed by atoms with Crippen LogP contribution in [0.5, 0.6) is 0 Å². The van der Waals surface area contributed by atoms with Gasteiger partial charge in [-0.15, -0.1) is 0 Å². The molecule has 19 heavy (non-hydrogen) atoms. The largest absolute Gasteiger partial charge is 0.314 e. The molecule has 1 saturated heterocycles. The SMILES string of the molecule is CCCNC1CCC(N2CCC(CCC)CC2)CC1. The number of hydrogen-bond donors (Lipinski definition) is 1. The predicted octanol–water partition coefficient (Wildman–Crippen LogP) is 3.81. The van der Waals surface area contributed by atoms with Crippen molar-refractivity contribution in [2.24, 2.45) is 5.92 Å². The quantitative estimate of drug-likeness (QED) is 0.786. The molecule has 0 aromatic rings. The number of likely N-dealkylation sites (tertiary alicyclic amines) is 1. The average Bonchev–Trinajstić information content (AvgIpc) is 2.47. The van der Waals surface area contributed by atoms with Crippen LogP contribution in [0.25, 0.3) is 0 Å². The molecule has 1 saturated carbocycles. The van der Waals surface area contributed by atoms with Crippen LogP contribution in [-0.2, 0) is 0 Å². The average molecular weight is 266 g/mol. The fourth-order valence-corrected chi connectivity index (χ4v) is 4.01. The van der Waals surface area contributed by atoms with E-state index < -0.39 is 0 Å². The summed E-state index contributed by atoms with van der Waals surface area (Å²) in [7, 11) is 0. The van der Waals surface area contributed by atoms with Gasteiger partial charge in [0.05, 0.1) is 0 Å². The van der Waals surface area contributed by atoms with E-state index in [-0.39, 0.29) is 0 Å². The van der Waals surface area contributed by atoms with Crippen LogP contribution in [0.2, 0.25) is 0 Å². The molecule has 2 fully saturated rings. The molecular weight excluding hydrogens is 232 g/mol. The van der Waals surface area contributed by atoms with E-state index in [0.29, 0.717) is 0 Å². The normalized spacial score (nSPS) is 30.6. The zero-order valence-electron chi connectivity index (χ0n) is 13.2. The van der Waals surface area contributed by atoms with Crippen molar-refractivity contribution in [1.29, 1.82) is 0 Å². The molecule has 2 rings (SSSR count). The molecule has 1 aliphatic carbocycles. The maximum Gasteiger partial charge on any atom is 0.00964 e. The highest BCUT2D eigenvalue weighted by atomic mass is 15.2. The third-order valence-electron chi connectivity index (χ3n) is 5.24. The van der Waals surface area contributed by atoms with Gasteiger partial charge in [0.1, 0.15) is 0 Å². The van der Waals surface area contributed by atoms with E-state index >= 15 is 0 Å². The van der Waals surface area contributed by atoms with Crippen LogP contribution in [0.15, 0.2) is 0 Å². The second-order valence-corrected chi connectivity index (χ2v) is 6.73. The smallest absolute Gasteiger partial charge is 0.00964 e. The van der Waals surface area contributed by atoms with Gasteiger partial charge in [0.15, 0.2) is 0 Å². The Kier molecular flexibility index (Phi) is 6.66. The summed E-state index contributed by atoms with van der Waals surface area (Å²) >= 11 is 0. The molecule has 0 aromatic carbocycles. The minimum atomic E-state index is 0.814. The van der Waals surface area contributed by atoms with Crippen molar-refractivity contribution in [3.05, 3.63) is 0 Å². The van der Waals surface area contributed by atoms with Crippen molar-refractivity contribution in [3.8, 4) is 0 Å². The van der Waals surface area contributed by atoms with E-state index in [9.17, 15) is 0 Å². The molecule has 0 bridgehead atoms. The molecule has 0 atom stereocenters. The molecule has 2 aliphatic rings. The zero-order chi connectivity index (χ0) is 13.5. The zero-order valence-corrected chi connectivity index (χ0v) is 13.2. The van der Waals surface area contributed by atoms with Gasteiger partial charge in [-0.1, -0.05) is 26.7 Å². The Balaban J connectivity index is 1.65. The Hall–Kier alpha value is -0.0800. The molecule has 0 amide bonds. The molecule has 112 valence electrons. The lowest BCUT2D eigenvalue weighted by molar-refractivity contribution is 0.0970. The van der Waals surface area contributed by atoms with Gasteiger partial charge in [0, 0.05) is 12.1 Å². The van der Waals surface area contributed by atoms with Crippen LogP contribution in [0.1, 0.15) is 71.6 Å². The highest BCUT2D eigenvalue weighted by Gasteiger charge is 2.28. The van der Waals surface area contributed by atoms with Gasteiger partial charge in [0.2, 0.25) is 0 Å². The predicted molar refractivity (Wildman–Crippen MR) is 83.5 cm³/mol. The Morgan fingerprint density at radius 2 is 1.58 bits per heavy atom. The molecule has 0 radical (unpaired) electrons. The van der Waals surface area contributed by atoms with Crippen molar-refractivity contribution in [1.82, 2.24) is 10.2 Å². The van der Waals surface area contributed by atoms with Crippen molar-refractivity contribution in [3.63, 3.8) is 0 Å². The number of nitrogens with zero attached hydrogens (tertiary/aromatic N) is 1. The lowest BCUT2D eigenvalue weighted by Gasteiger charge is -2.41. The van der Waals surface area contributed by atoms with Crippen LogP contribution in [0.4, 0.5) is 0 Å². The van der Waals surface area contributed by atoms with Crippen LogP contribution in [-0.4, -0.2) is 36.6 Å². The second kappa shape index (κ2) is 8.26. The fourth-order valence-electron chi connectivity index (χ4n) is 4.01. The summed E-state index contributed by atoms with van der Waals surface area (Å²) in [6.45, 7) is 8.55. The van der Waals surface area contributed by atoms with E-state index in [1.54, 1.807) is 0 Å². The van der Waals surface area contributed by atoms with Gasteiger partial charge in [-0.2, -0.15) is 0 Å². The van der Waals surface area contributed by atoms with Crippen molar-refractivity contribution in [2.45, 2.75) is 83.7 Å². The number of rotatable bonds is 6. The van der Waals surface area contributed by atoms with E-state index in [4.69, 9.17) is 0 Å². The first kappa shape index (κ1) is 15.3. The van der Waals surface area contributed by atoms with Gasteiger partial charge in [-0.3, -0.25) is 0 Å². The Bertz CT molecular complexity index is 225. The molecule has 0 aromatic heterocycles. The molecule has 2 nitrogen and oxygen atoms in total. The molecule has 1 N–H and O–H groups in total. The Labute approximate surface area is 120 Å². The summed E-state index contributed by atoms with van der Waals surface area (Å²) in [6, 6.07) is 1.72. The standard InChI is InChI=1S/C17H34N2/c1-3-5-15-10-13-19(14-11-15)17-8-6-16(7-9-17)18-12-4-2/h15-18H,3-14H2,1-2H3. The summed E-state index contributed by atoms with van der Waals surface area (Å²) in [5, 5.41) is 3.70. The van der Waals surface area contributed by atoms with Crippen LogP contribution < -0.4 is 5.32 Å². The highest BCUT2D eigenvalue weighted by molar-refractivity contribution is 4.85. The van der Waals surface area contributed by atoms with Gasteiger partial charge in [0.25, 0.3) is 0 Å². The topological polar surface area (TPSA) is 15.3 Å². The lowest BCUT2D eigenvalue weighted by Crippen LogP contribution is -2.45. The van der Waals surface area contributed by atoms with Crippen molar-refractivity contribution in [2.75, 3.05) is 19.6 Å². The number of hydrogen-bond acceptors (Lipinski definition) is 2. The Morgan fingerprint density at radius 1 is 0.895 bits per heavy atom. The molecule has 1 heterocycles. The summed E-state index contributed by atoms with van der Waals surface area (Å²) in [5.74, 6) is 1.03. The molecule has 2 heteroatoms. The number of piperidine rings is 1. The first-order valence-electron chi connectivity index (χ1n) is 8.80. The summed E-state index contributed by atoms with van der Waals surface area (Å²) < 4.78 is 0. The van der Waals surface area contributed by atoms with E-state index in [1.165, 1.54) is 77.4 Å². The maximum absolute atomic E-state index is 3.70. The highest BCUT2D eigenvalue weighted by Crippen LogP contribution is 2.28. The van der Waals surface area contributed by atoms with Gasteiger partial charge >= 0.3 is 0 Å². The van der Waals surface area contributed by atoms with Crippen molar-refractivity contribution >= 4 is 0 Å². The van der Waals surface area contributed by atoms with Gasteiger partial charge in [-0.05, 0) is 70.5 Å². The Morgan fingerprint density at radius 3 is 2.16 bits per heavy atom. The van der Waals surface area contributed by atoms with Gasteiger partial charge < -0.3 is 10.2 Å². The first-order chi connectivity index (χ1) is 9.33. The summed E-state index contributed by atoms with van der Waals surface area (Å²) in [4.78, 5) is 2.81. The third kappa shape index (κ3) is 4.75. The first-order valence-corrected chi connectivity index (χ1v) is 8.80. The van der Waals surface area contributed by atoms with Crippen molar-refractivity contribution < 1.29 is 0 Å². The van der Waals surface area contributed by atoms with Crippen LogP contribution in [0, 0.1) is 5.92 Å². The summed E-state index contributed by atoms with van der Waals surface area (Å²) in [5.41, 5.74) is 0. The minimum Gasteiger partial charge on any atom is -0.314 e. The lowest BCUT2D eigenvalue weighted by atomic mass is 9.86. The molecular formula is C17H34N2. The molecule has 0 unspecified atom stereocenters. The van der Waals surface area contributed by atoms with Gasteiger partial charge in [-0.25, -0.2) is 0 Å². The van der Waals surface area contributed by atoms with E-state index in [1.807, 2.05) is 0 Å². The van der Waals surface area contributed by atoms with E-state index in [2.05, 4.69) is 24.1 Å². The van der Waals surface area contributed by atoms with Crippen LogP contribution in [0.3, 0.4) is 0 Å². The minimum absolute atomic E-state index is 0.814. The maximum atomic E-state index is 3.70. The molecule has 1 aliphatic heterocycles. The summed E-state index contributed by atoms with van der Waals surface area (Å²) in [6.07, 6.45) is 12.7. The second-order valence-electron chi connectivity index (χ2n) is 6.73. The van der Waals surface area contributed by atoms with Crippen LogP contribution >= 0.6 is 0 Å². The molecule has 0 spiro atoms. The fraction of sp³-hybridized carbons (Fsp3) is 1.00. The van der Waals surface area contributed by atoms with E-state index in [0.717, 1.165) is 18.0 Å².